The van der Waals surface area contributed by atoms with E-state index in [1.165, 1.54) is 6.92 Å². The quantitative estimate of drug-likeness (QED) is 0.887. The van der Waals surface area contributed by atoms with E-state index < -0.39 is 24.9 Å². The van der Waals surface area contributed by atoms with Gasteiger partial charge in [-0.05, 0) is 19.4 Å². The maximum absolute atomic E-state index is 12.0. The lowest BCUT2D eigenvalue weighted by Crippen LogP contribution is -2.30. The molecule has 0 saturated heterocycles. The molecule has 0 saturated carbocycles. The van der Waals surface area contributed by atoms with Crippen molar-refractivity contribution in [2.24, 2.45) is 5.73 Å². The van der Waals surface area contributed by atoms with Gasteiger partial charge in [-0.25, -0.2) is 0 Å². The first-order valence-corrected chi connectivity index (χ1v) is 5.30. The molecule has 0 fully saturated rings. The summed E-state index contributed by atoms with van der Waals surface area (Å²) in [5.41, 5.74) is 7.67. The minimum Gasteiger partial charge on any atom is -0.367 e. The molecule has 2 unspecified atom stereocenters. The number of halogens is 3. The van der Waals surface area contributed by atoms with Gasteiger partial charge in [0.1, 0.15) is 6.61 Å². The second kappa shape index (κ2) is 5.51. The van der Waals surface area contributed by atoms with E-state index in [1.807, 2.05) is 19.1 Å². The van der Waals surface area contributed by atoms with Crippen molar-refractivity contribution < 1.29 is 17.9 Å². The molecule has 1 aromatic rings. The van der Waals surface area contributed by atoms with Crippen LogP contribution < -0.4 is 5.73 Å². The summed E-state index contributed by atoms with van der Waals surface area (Å²) in [5.74, 6) is 0. The van der Waals surface area contributed by atoms with Crippen LogP contribution in [0.25, 0.3) is 0 Å². The van der Waals surface area contributed by atoms with E-state index in [-0.39, 0.29) is 0 Å². The molecule has 0 spiro atoms. The fourth-order valence-electron chi connectivity index (χ4n) is 1.39. The van der Waals surface area contributed by atoms with E-state index in [9.17, 15) is 13.2 Å². The molecular weight excluding hydrogens is 231 g/mol. The Hall–Kier alpha value is -1.07. The van der Waals surface area contributed by atoms with E-state index in [0.717, 1.165) is 11.1 Å². The second-order valence-electron chi connectivity index (χ2n) is 4.07. The van der Waals surface area contributed by atoms with Gasteiger partial charge in [0.15, 0.2) is 0 Å². The molecule has 0 radical (unpaired) electrons. The van der Waals surface area contributed by atoms with E-state index in [2.05, 4.69) is 0 Å². The SMILES string of the molecule is Cc1ccc(C(N)C(C)OCC(F)(F)F)cc1. The molecule has 0 aliphatic heterocycles. The highest BCUT2D eigenvalue weighted by Crippen LogP contribution is 2.21. The van der Waals surface area contributed by atoms with Crippen molar-refractivity contribution in [2.75, 3.05) is 6.61 Å². The molecule has 1 aromatic carbocycles. The Morgan fingerprint density at radius 3 is 2.24 bits per heavy atom. The minimum atomic E-state index is -4.32. The van der Waals surface area contributed by atoms with Crippen molar-refractivity contribution >= 4 is 0 Å². The predicted molar refractivity (Wildman–Crippen MR) is 59.6 cm³/mol. The van der Waals surface area contributed by atoms with Crippen LogP contribution in [-0.4, -0.2) is 18.9 Å². The van der Waals surface area contributed by atoms with Gasteiger partial charge in [-0.1, -0.05) is 29.8 Å². The zero-order valence-corrected chi connectivity index (χ0v) is 9.79. The number of alkyl halides is 3. The van der Waals surface area contributed by atoms with Crippen molar-refractivity contribution in [1.82, 2.24) is 0 Å². The molecule has 0 aromatic heterocycles. The van der Waals surface area contributed by atoms with Crippen molar-refractivity contribution in [2.45, 2.75) is 32.2 Å². The fraction of sp³-hybridized carbons (Fsp3) is 0.500. The van der Waals surface area contributed by atoms with Gasteiger partial charge in [0, 0.05) is 0 Å². The number of benzene rings is 1. The summed E-state index contributed by atoms with van der Waals surface area (Å²) in [6.45, 7) is 2.20. The Morgan fingerprint density at radius 1 is 1.24 bits per heavy atom. The Labute approximate surface area is 98.6 Å². The predicted octanol–water partition coefficient (Wildman–Crippen LogP) is 2.96. The fourth-order valence-corrected chi connectivity index (χ4v) is 1.39. The molecule has 0 aliphatic carbocycles. The second-order valence-corrected chi connectivity index (χ2v) is 4.07. The van der Waals surface area contributed by atoms with E-state index in [0.29, 0.717) is 0 Å². The zero-order valence-electron chi connectivity index (χ0n) is 9.79. The van der Waals surface area contributed by atoms with E-state index in [4.69, 9.17) is 10.5 Å². The molecule has 0 amide bonds. The monoisotopic (exact) mass is 247 g/mol. The third kappa shape index (κ3) is 4.75. The molecule has 0 bridgehead atoms. The van der Waals surface area contributed by atoms with Gasteiger partial charge in [-0.15, -0.1) is 0 Å². The number of aryl methyl sites for hydroxylation is 1. The molecule has 2 nitrogen and oxygen atoms in total. The first-order chi connectivity index (χ1) is 7.79. The lowest BCUT2D eigenvalue weighted by molar-refractivity contribution is -0.185. The van der Waals surface area contributed by atoms with Crippen LogP contribution in [0.5, 0.6) is 0 Å². The van der Waals surface area contributed by atoms with E-state index in [1.54, 1.807) is 12.1 Å². The highest BCUT2D eigenvalue weighted by atomic mass is 19.4. The smallest absolute Gasteiger partial charge is 0.367 e. The third-order valence-electron chi connectivity index (χ3n) is 2.48. The highest BCUT2D eigenvalue weighted by Gasteiger charge is 2.29. The van der Waals surface area contributed by atoms with Gasteiger partial charge < -0.3 is 10.5 Å². The first kappa shape index (κ1) is 14.0. The largest absolute Gasteiger partial charge is 0.411 e. The standard InChI is InChI=1S/C12H16F3NO/c1-8-3-5-10(6-4-8)11(16)9(2)17-7-12(13,14)15/h3-6,9,11H,7,16H2,1-2H3. The average molecular weight is 247 g/mol. The van der Waals surface area contributed by atoms with Crippen LogP contribution in [0, 0.1) is 6.92 Å². The molecule has 0 aliphatic rings. The molecule has 5 heteroatoms. The summed E-state index contributed by atoms with van der Waals surface area (Å²) >= 11 is 0. The van der Waals surface area contributed by atoms with Crippen LogP contribution in [-0.2, 0) is 4.74 Å². The van der Waals surface area contributed by atoms with Crippen molar-refractivity contribution in [3.8, 4) is 0 Å². The molecular formula is C12H16F3NO. The number of ether oxygens (including phenoxy) is 1. The Bertz CT molecular complexity index is 348. The third-order valence-corrected chi connectivity index (χ3v) is 2.48. The normalized spacial score (nSPS) is 15.6. The van der Waals surface area contributed by atoms with Gasteiger partial charge in [0.25, 0.3) is 0 Å². The summed E-state index contributed by atoms with van der Waals surface area (Å²) in [5, 5.41) is 0. The van der Waals surface area contributed by atoms with Gasteiger partial charge >= 0.3 is 6.18 Å². The first-order valence-electron chi connectivity index (χ1n) is 5.30. The number of rotatable bonds is 4. The minimum absolute atomic E-state index is 0.557. The van der Waals surface area contributed by atoms with Crippen LogP contribution in [0.15, 0.2) is 24.3 Å². The Morgan fingerprint density at radius 2 is 1.76 bits per heavy atom. The molecule has 1 rings (SSSR count). The molecule has 2 atom stereocenters. The number of hydrogen-bond acceptors (Lipinski definition) is 2. The van der Waals surface area contributed by atoms with Crippen molar-refractivity contribution in [1.29, 1.82) is 0 Å². The maximum Gasteiger partial charge on any atom is 0.411 e. The van der Waals surface area contributed by atoms with Gasteiger partial charge in [-0.3, -0.25) is 0 Å². The number of hydrogen-bond donors (Lipinski definition) is 1. The maximum atomic E-state index is 12.0. The van der Waals surface area contributed by atoms with Gasteiger partial charge in [0.2, 0.25) is 0 Å². The Kier molecular flexibility index (Phi) is 4.54. The lowest BCUT2D eigenvalue weighted by atomic mass is 10.0. The highest BCUT2D eigenvalue weighted by molar-refractivity contribution is 5.24. The topological polar surface area (TPSA) is 35.2 Å². The Balaban J connectivity index is 2.57. The van der Waals surface area contributed by atoms with Crippen LogP contribution in [0.4, 0.5) is 13.2 Å². The zero-order chi connectivity index (χ0) is 13.1. The number of nitrogens with two attached hydrogens (primary N) is 1. The van der Waals surface area contributed by atoms with Crippen LogP contribution in [0.3, 0.4) is 0 Å². The van der Waals surface area contributed by atoms with E-state index >= 15 is 0 Å². The van der Waals surface area contributed by atoms with Crippen LogP contribution >= 0.6 is 0 Å². The molecule has 0 heterocycles. The molecule has 96 valence electrons. The summed E-state index contributed by atoms with van der Waals surface area (Å²) in [4.78, 5) is 0. The molecule has 2 N–H and O–H groups in total. The average Bonchev–Trinajstić information content (AvgIpc) is 2.25. The van der Waals surface area contributed by atoms with Crippen molar-refractivity contribution in [3.05, 3.63) is 35.4 Å². The van der Waals surface area contributed by atoms with Crippen LogP contribution in [0.2, 0.25) is 0 Å². The van der Waals surface area contributed by atoms with Crippen LogP contribution in [0.1, 0.15) is 24.1 Å². The summed E-state index contributed by atoms with van der Waals surface area (Å²) in [6.07, 6.45) is -5.00. The summed E-state index contributed by atoms with van der Waals surface area (Å²) in [7, 11) is 0. The van der Waals surface area contributed by atoms with Crippen molar-refractivity contribution in [3.63, 3.8) is 0 Å². The summed E-state index contributed by atoms with van der Waals surface area (Å²) < 4.78 is 40.6. The molecule has 17 heavy (non-hydrogen) atoms. The lowest BCUT2D eigenvalue weighted by Gasteiger charge is -2.21. The van der Waals surface area contributed by atoms with Gasteiger partial charge in [0.05, 0.1) is 12.1 Å². The van der Waals surface area contributed by atoms with Gasteiger partial charge in [-0.2, -0.15) is 13.2 Å². The summed E-state index contributed by atoms with van der Waals surface area (Å²) in [6, 6.07) is 6.77.